The molecule has 3 heterocycles. The lowest BCUT2D eigenvalue weighted by atomic mass is 9.91. The molecule has 9 nitrogen and oxygen atoms in total. The highest BCUT2D eigenvalue weighted by Gasteiger charge is 2.66. The number of ether oxygens (including phenoxy) is 1. The van der Waals surface area contributed by atoms with Crippen molar-refractivity contribution in [2.24, 2.45) is 0 Å². The molecule has 3 aliphatic heterocycles. The Bertz CT molecular complexity index is 712. The van der Waals surface area contributed by atoms with Crippen LogP contribution in [0.2, 0.25) is 18.1 Å². The number of β-lactam (4-membered cyclic amide) rings is 1. The Labute approximate surface area is 152 Å². The smallest absolute Gasteiger partial charge is 0.408 e. The number of carbonyl (C=O) groups excluding carboxylic acids is 1. The van der Waals surface area contributed by atoms with Gasteiger partial charge in [-0.05, 0) is 18.1 Å². The van der Waals surface area contributed by atoms with Gasteiger partial charge < -0.3 is 19.4 Å². The summed E-state index contributed by atoms with van der Waals surface area (Å²) in [6, 6.07) is -1.45. The largest absolute Gasteiger partial charge is 0.486 e. The average molecular weight is 384 g/mol. The minimum atomic E-state index is -2.16. The first-order valence-corrected chi connectivity index (χ1v) is 11.4. The topological polar surface area (TPSA) is 117 Å². The summed E-state index contributed by atoms with van der Waals surface area (Å²) in [7, 11) is -2.16. The van der Waals surface area contributed by atoms with E-state index in [1.807, 2.05) is 13.1 Å². The Morgan fingerprint density at radius 3 is 2.42 bits per heavy atom. The summed E-state index contributed by atoms with van der Waals surface area (Å²) in [5, 5.41) is 18.8. The lowest BCUT2D eigenvalue weighted by Crippen LogP contribution is -2.70. The number of carboxylic acid groups (broad SMARTS) is 2. The van der Waals surface area contributed by atoms with Gasteiger partial charge in [0.2, 0.25) is 0 Å². The van der Waals surface area contributed by atoms with Crippen LogP contribution in [0.25, 0.3) is 0 Å². The molecule has 0 aromatic rings. The summed E-state index contributed by atoms with van der Waals surface area (Å²) in [6.07, 6.45) is -1.79. The van der Waals surface area contributed by atoms with Gasteiger partial charge in [0.25, 0.3) is 5.91 Å². The SMILES string of the molecule is CC(C)(C)[Si](C)(C)OCC1=C(C(=O)O)N2C(=O)[C@@H]3[C@H]2[C@@H](CN3C(=O)O)O1. The highest BCUT2D eigenvalue weighted by atomic mass is 28.4. The van der Waals surface area contributed by atoms with Crippen LogP contribution in [0.4, 0.5) is 4.79 Å². The Hall–Kier alpha value is -2.07. The van der Waals surface area contributed by atoms with Gasteiger partial charge in [-0.1, -0.05) is 20.8 Å². The van der Waals surface area contributed by atoms with E-state index in [9.17, 15) is 24.6 Å². The van der Waals surface area contributed by atoms with Crippen LogP contribution >= 0.6 is 0 Å². The van der Waals surface area contributed by atoms with Crippen molar-refractivity contribution in [3.63, 3.8) is 0 Å². The van der Waals surface area contributed by atoms with Crippen LogP contribution in [-0.2, 0) is 18.8 Å². The van der Waals surface area contributed by atoms with Crippen molar-refractivity contribution in [2.45, 2.75) is 57.1 Å². The molecule has 144 valence electrons. The van der Waals surface area contributed by atoms with E-state index < -0.39 is 44.5 Å². The average Bonchev–Trinajstić information content (AvgIpc) is 2.87. The normalized spacial score (nSPS) is 27.9. The molecule has 0 aliphatic carbocycles. The van der Waals surface area contributed by atoms with Crippen LogP contribution in [0.15, 0.2) is 11.5 Å². The second-order valence-electron chi connectivity index (χ2n) is 8.36. The number of aliphatic carboxylic acids is 1. The van der Waals surface area contributed by atoms with Gasteiger partial charge in [0.05, 0.1) is 13.2 Å². The van der Waals surface area contributed by atoms with Crippen LogP contribution in [0, 0.1) is 0 Å². The third kappa shape index (κ3) is 2.59. The lowest BCUT2D eigenvalue weighted by Gasteiger charge is -2.49. The molecule has 2 fully saturated rings. The number of likely N-dealkylation sites (tertiary alicyclic amines) is 1. The number of nitrogens with zero attached hydrogens (tertiary/aromatic N) is 2. The molecule has 0 bridgehead atoms. The summed E-state index contributed by atoms with van der Waals surface area (Å²) in [6.45, 7) is 10.2. The third-order valence-electron chi connectivity index (χ3n) is 5.82. The number of carbonyl (C=O) groups is 3. The van der Waals surface area contributed by atoms with Gasteiger partial charge in [-0.2, -0.15) is 0 Å². The second-order valence-corrected chi connectivity index (χ2v) is 13.2. The maximum atomic E-state index is 12.4. The summed E-state index contributed by atoms with van der Waals surface area (Å²) in [5.74, 6) is -1.72. The van der Waals surface area contributed by atoms with E-state index >= 15 is 0 Å². The maximum Gasteiger partial charge on any atom is 0.408 e. The number of carboxylic acids is 1. The Morgan fingerprint density at radius 1 is 1.31 bits per heavy atom. The fourth-order valence-corrected chi connectivity index (χ4v) is 4.25. The molecule has 3 aliphatic rings. The third-order valence-corrected chi connectivity index (χ3v) is 10.3. The summed E-state index contributed by atoms with van der Waals surface area (Å²) >= 11 is 0. The van der Waals surface area contributed by atoms with Crippen LogP contribution in [0.1, 0.15) is 20.8 Å². The first-order valence-electron chi connectivity index (χ1n) is 8.46. The molecule has 0 aromatic carbocycles. The zero-order valence-electron chi connectivity index (χ0n) is 15.5. The van der Waals surface area contributed by atoms with Gasteiger partial charge in [-0.15, -0.1) is 0 Å². The molecule has 3 atom stereocenters. The molecule has 26 heavy (non-hydrogen) atoms. The van der Waals surface area contributed by atoms with Gasteiger partial charge in [0.1, 0.15) is 18.2 Å². The monoisotopic (exact) mass is 384 g/mol. The van der Waals surface area contributed by atoms with E-state index in [4.69, 9.17) is 9.16 Å². The summed E-state index contributed by atoms with van der Waals surface area (Å²) < 4.78 is 11.9. The lowest BCUT2D eigenvalue weighted by molar-refractivity contribution is -0.161. The van der Waals surface area contributed by atoms with Crippen molar-refractivity contribution < 1.29 is 33.8 Å². The molecule has 0 aromatic heterocycles. The van der Waals surface area contributed by atoms with Crippen LogP contribution in [0.5, 0.6) is 0 Å². The van der Waals surface area contributed by atoms with Crippen LogP contribution in [-0.4, -0.2) is 77.6 Å². The summed E-state index contributed by atoms with van der Waals surface area (Å²) in [4.78, 5) is 37.7. The molecule has 2 N–H and O–H groups in total. The molecule has 3 rings (SSSR count). The van der Waals surface area contributed by atoms with Crippen molar-refractivity contribution in [1.29, 1.82) is 0 Å². The molecule has 2 saturated heterocycles. The Balaban J connectivity index is 1.88. The van der Waals surface area contributed by atoms with E-state index in [-0.39, 0.29) is 29.6 Å². The van der Waals surface area contributed by atoms with Gasteiger partial charge in [-0.25, -0.2) is 9.59 Å². The molecule has 0 radical (unpaired) electrons. The Kier molecular flexibility index (Phi) is 4.11. The first-order chi connectivity index (χ1) is 11.9. The molecular weight excluding hydrogens is 360 g/mol. The molecule has 0 unspecified atom stereocenters. The fourth-order valence-electron chi connectivity index (χ4n) is 3.32. The van der Waals surface area contributed by atoms with E-state index in [0.717, 1.165) is 9.80 Å². The van der Waals surface area contributed by atoms with Gasteiger partial charge in [-0.3, -0.25) is 14.6 Å². The van der Waals surface area contributed by atoms with Crippen molar-refractivity contribution in [2.75, 3.05) is 13.2 Å². The van der Waals surface area contributed by atoms with Crippen molar-refractivity contribution >= 4 is 26.3 Å². The standard InChI is InChI=1S/C16H24N2O7Si/c1-16(2,3)26(4,5)24-7-9-11(14(20)21)18-10-8(25-9)6-17(15(22)23)12(10)13(18)19/h8,10,12H,6-7H2,1-5H3,(H,20,21)(H,22,23)/t8-,10-,12+/m1/s1. The van der Waals surface area contributed by atoms with E-state index in [0.29, 0.717) is 0 Å². The van der Waals surface area contributed by atoms with Crippen molar-refractivity contribution in [3.8, 4) is 0 Å². The number of hydrogen-bond donors (Lipinski definition) is 2. The molecular formula is C16H24N2O7Si. The fraction of sp³-hybridized carbons (Fsp3) is 0.688. The molecule has 0 saturated carbocycles. The zero-order chi connectivity index (χ0) is 19.6. The number of hydrogen-bond acceptors (Lipinski definition) is 5. The molecule has 0 spiro atoms. The quantitative estimate of drug-likeness (QED) is 0.554. The van der Waals surface area contributed by atoms with Crippen molar-refractivity contribution in [3.05, 3.63) is 11.5 Å². The minimum absolute atomic E-state index is 0.0311. The Morgan fingerprint density at radius 2 is 1.92 bits per heavy atom. The van der Waals surface area contributed by atoms with Crippen LogP contribution in [0.3, 0.4) is 0 Å². The highest BCUT2D eigenvalue weighted by Crippen LogP contribution is 2.44. The molecule has 2 amide bonds. The second kappa shape index (κ2) is 5.71. The maximum absolute atomic E-state index is 12.4. The van der Waals surface area contributed by atoms with Crippen molar-refractivity contribution in [1.82, 2.24) is 9.80 Å². The highest BCUT2D eigenvalue weighted by molar-refractivity contribution is 6.74. The zero-order valence-corrected chi connectivity index (χ0v) is 16.5. The summed E-state index contributed by atoms with van der Waals surface area (Å²) in [5.41, 5.74) is -0.238. The first kappa shape index (κ1) is 18.7. The van der Waals surface area contributed by atoms with Gasteiger partial charge in [0.15, 0.2) is 19.8 Å². The predicted octanol–water partition coefficient (Wildman–Crippen LogP) is 1.28. The predicted molar refractivity (Wildman–Crippen MR) is 91.8 cm³/mol. The number of amides is 2. The minimum Gasteiger partial charge on any atom is -0.486 e. The number of rotatable bonds is 4. The van der Waals surface area contributed by atoms with E-state index in [2.05, 4.69) is 20.8 Å². The van der Waals surface area contributed by atoms with E-state index in [1.165, 1.54) is 0 Å². The van der Waals surface area contributed by atoms with Crippen LogP contribution < -0.4 is 0 Å². The molecule has 10 heteroatoms. The van der Waals surface area contributed by atoms with E-state index in [1.54, 1.807) is 0 Å². The van der Waals surface area contributed by atoms with Gasteiger partial charge in [0, 0.05) is 0 Å². The van der Waals surface area contributed by atoms with Gasteiger partial charge >= 0.3 is 12.1 Å².